The van der Waals surface area contributed by atoms with Crippen LogP contribution in [0.2, 0.25) is 51.4 Å². The third-order valence-corrected chi connectivity index (χ3v) is 11.2. The summed E-state index contributed by atoms with van der Waals surface area (Å²) in [6.45, 7) is 17.4. The number of para-hydroxylation sites is 3. The molecule has 0 aliphatic heterocycles. The SMILES string of the molecule is COc1c(OCCCOCC[Si](C)(C)C)cccc1-c1ccc2c(c1)c(-c1nc3ccccc3[nH]1)nn2COCC[Si](C)(C)C. The molecular formula is C35H48N4O4Si2. The summed E-state index contributed by atoms with van der Waals surface area (Å²) in [5.41, 5.74) is 5.63. The van der Waals surface area contributed by atoms with Crippen molar-refractivity contribution in [2.45, 2.75) is 64.5 Å². The van der Waals surface area contributed by atoms with Gasteiger partial charge in [0.05, 0.1) is 30.3 Å². The molecule has 0 saturated carbocycles. The summed E-state index contributed by atoms with van der Waals surface area (Å²) in [7, 11) is -0.579. The van der Waals surface area contributed by atoms with Crippen LogP contribution in [0.25, 0.3) is 44.6 Å². The van der Waals surface area contributed by atoms with Crippen molar-refractivity contribution in [2.75, 3.05) is 33.5 Å². The van der Waals surface area contributed by atoms with E-state index in [2.05, 4.69) is 68.5 Å². The molecule has 0 spiro atoms. The van der Waals surface area contributed by atoms with Crippen molar-refractivity contribution in [1.29, 1.82) is 0 Å². The lowest BCUT2D eigenvalue weighted by Gasteiger charge is -2.16. The fourth-order valence-corrected chi connectivity index (χ4v) is 6.62. The second-order valence-electron chi connectivity index (χ2n) is 14.0. The Bertz CT molecular complexity index is 1690. The summed E-state index contributed by atoms with van der Waals surface area (Å²) in [5, 5.41) is 6.00. The molecule has 2 aromatic heterocycles. The Hall–Kier alpha value is -3.45. The molecule has 2 heterocycles. The average molecular weight is 645 g/mol. The molecule has 1 N–H and O–H groups in total. The molecular weight excluding hydrogens is 597 g/mol. The molecule has 45 heavy (non-hydrogen) atoms. The van der Waals surface area contributed by atoms with Crippen LogP contribution in [0.3, 0.4) is 0 Å². The van der Waals surface area contributed by atoms with Crippen LogP contribution in [-0.4, -0.2) is 69.4 Å². The number of nitrogens with one attached hydrogen (secondary N) is 1. The van der Waals surface area contributed by atoms with Crippen LogP contribution in [0.15, 0.2) is 60.7 Å². The molecule has 0 amide bonds. The number of hydrogen-bond donors (Lipinski definition) is 1. The lowest BCUT2D eigenvalue weighted by atomic mass is 10.0. The van der Waals surface area contributed by atoms with E-state index in [0.717, 1.165) is 76.0 Å². The largest absolute Gasteiger partial charge is 0.492 e. The van der Waals surface area contributed by atoms with Crippen LogP contribution in [-0.2, 0) is 16.2 Å². The standard InChI is InChI=1S/C35H48N4O4Si2/c1-40-34-27(12-10-15-32(34)43-19-11-18-41-20-22-44(2,3)4)26-16-17-31-28(24-26)33(35-36-29-13-8-9-14-30(29)37-35)38-39(31)25-42-21-23-45(5,6)7/h8-10,12-17,24H,11,18-23,25H2,1-7H3,(H,36,37). The summed E-state index contributed by atoms with van der Waals surface area (Å²) in [5.74, 6) is 2.17. The van der Waals surface area contributed by atoms with Gasteiger partial charge in [0.1, 0.15) is 12.4 Å². The van der Waals surface area contributed by atoms with Gasteiger partial charge >= 0.3 is 0 Å². The molecule has 0 aliphatic rings. The molecule has 5 rings (SSSR count). The van der Waals surface area contributed by atoms with Gasteiger partial charge in [0.25, 0.3) is 0 Å². The first-order valence-electron chi connectivity index (χ1n) is 15.9. The van der Waals surface area contributed by atoms with Crippen LogP contribution in [0.4, 0.5) is 0 Å². The minimum absolute atomic E-state index is 0.384. The van der Waals surface area contributed by atoms with Crippen LogP contribution in [0.5, 0.6) is 11.5 Å². The number of rotatable bonds is 16. The van der Waals surface area contributed by atoms with Crippen LogP contribution in [0.1, 0.15) is 6.42 Å². The Kier molecular flexibility index (Phi) is 10.5. The van der Waals surface area contributed by atoms with Gasteiger partial charge in [-0.3, -0.25) is 0 Å². The maximum absolute atomic E-state index is 6.19. The van der Waals surface area contributed by atoms with Crippen molar-refractivity contribution >= 4 is 38.1 Å². The lowest BCUT2D eigenvalue weighted by Crippen LogP contribution is -2.22. The molecule has 0 atom stereocenters. The molecule has 5 aromatic rings. The maximum atomic E-state index is 6.19. The Morgan fingerprint density at radius 3 is 2.29 bits per heavy atom. The predicted molar refractivity (Wildman–Crippen MR) is 190 cm³/mol. The highest BCUT2D eigenvalue weighted by molar-refractivity contribution is 6.76. The van der Waals surface area contributed by atoms with Crippen molar-refractivity contribution < 1.29 is 18.9 Å². The van der Waals surface area contributed by atoms with Crippen molar-refractivity contribution in [3.8, 4) is 34.1 Å². The molecule has 10 heteroatoms. The van der Waals surface area contributed by atoms with Gasteiger partial charge in [-0.25, -0.2) is 9.67 Å². The number of ether oxygens (including phenoxy) is 4. The van der Waals surface area contributed by atoms with Gasteiger partial charge in [0.2, 0.25) is 0 Å². The van der Waals surface area contributed by atoms with Gasteiger partial charge in [-0.2, -0.15) is 5.10 Å². The number of nitrogens with zero attached hydrogens (tertiary/aromatic N) is 3. The van der Waals surface area contributed by atoms with E-state index < -0.39 is 16.1 Å². The van der Waals surface area contributed by atoms with Crippen molar-refractivity contribution in [1.82, 2.24) is 19.7 Å². The van der Waals surface area contributed by atoms with E-state index in [0.29, 0.717) is 25.7 Å². The second-order valence-corrected chi connectivity index (χ2v) is 25.2. The zero-order valence-corrected chi connectivity index (χ0v) is 29.9. The van der Waals surface area contributed by atoms with Gasteiger partial charge in [-0.05, 0) is 48.0 Å². The van der Waals surface area contributed by atoms with Crippen molar-refractivity contribution in [3.05, 3.63) is 60.7 Å². The van der Waals surface area contributed by atoms with Gasteiger partial charge in [0, 0.05) is 53.3 Å². The predicted octanol–water partition coefficient (Wildman–Crippen LogP) is 8.69. The van der Waals surface area contributed by atoms with Crippen LogP contribution >= 0.6 is 0 Å². The van der Waals surface area contributed by atoms with E-state index in [9.17, 15) is 0 Å². The summed E-state index contributed by atoms with van der Waals surface area (Å²) in [6, 6.07) is 22.8. The van der Waals surface area contributed by atoms with Crippen LogP contribution in [0, 0.1) is 0 Å². The van der Waals surface area contributed by atoms with Crippen molar-refractivity contribution in [3.63, 3.8) is 0 Å². The normalized spacial score (nSPS) is 12.3. The lowest BCUT2D eigenvalue weighted by molar-refractivity contribution is 0.0818. The third kappa shape index (κ3) is 8.63. The number of methoxy groups -OCH3 is 1. The molecule has 0 bridgehead atoms. The molecule has 0 aliphatic carbocycles. The zero-order valence-electron chi connectivity index (χ0n) is 27.9. The maximum Gasteiger partial charge on any atom is 0.168 e. The third-order valence-electron chi connectivity index (χ3n) is 7.76. The van der Waals surface area contributed by atoms with E-state index in [1.165, 1.54) is 6.04 Å². The Morgan fingerprint density at radius 2 is 1.56 bits per heavy atom. The summed E-state index contributed by atoms with van der Waals surface area (Å²) in [6.07, 6.45) is 0.824. The van der Waals surface area contributed by atoms with Gasteiger partial charge in [-0.15, -0.1) is 0 Å². The van der Waals surface area contributed by atoms with Crippen molar-refractivity contribution in [2.24, 2.45) is 0 Å². The van der Waals surface area contributed by atoms with E-state index in [4.69, 9.17) is 29.0 Å². The van der Waals surface area contributed by atoms with Gasteiger partial charge in [0.15, 0.2) is 17.3 Å². The zero-order chi connectivity index (χ0) is 32.0. The average Bonchev–Trinajstić information content (AvgIpc) is 3.58. The summed E-state index contributed by atoms with van der Waals surface area (Å²) < 4.78 is 26.0. The smallest absolute Gasteiger partial charge is 0.168 e. The molecule has 0 radical (unpaired) electrons. The topological polar surface area (TPSA) is 83.4 Å². The monoisotopic (exact) mass is 644 g/mol. The minimum atomic E-state index is -1.19. The summed E-state index contributed by atoms with van der Waals surface area (Å²) in [4.78, 5) is 8.35. The molecule has 8 nitrogen and oxygen atoms in total. The van der Waals surface area contributed by atoms with Crippen LogP contribution < -0.4 is 9.47 Å². The number of imidazole rings is 1. The Labute approximate surface area is 269 Å². The van der Waals surface area contributed by atoms with E-state index >= 15 is 0 Å². The molecule has 3 aromatic carbocycles. The molecule has 0 unspecified atom stereocenters. The highest BCUT2D eigenvalue weighted by Gasteiger charge is 2.20. The van der Waals surface area contributed by atoms with Gasteiger partial charge < -0.3 is 23.9 Å². The number of H-pyrrole nitrogens is 1. The number of benzene rings is 3. The first-order chi connectivity index (χ1) is 21.5. The number of fused-ring (bicyclic) bond motifs is 2. The molecule has 240 valence electrons. The second kappa shape index (κ2) is 14.3. The number of aromatic amines is 1. The van der Waals surface area contributed by atoms with E-state index in [1.807, 2.05) is 41.1 Å². The fraction of sp³-hybridized carbons (Fsp3) is 0.429. The first kappa shape index (κ1) is 32.9. The Balaban J connectivity index is 1.40. The Morgan fingerprint density at radius 1 is 0.800 bits per heavy atom. The molecule has 0 saturated heterocycles. The van der Waals surface area contributed by atoms with E-state index in [1.54, 1.807) is 7.11 Å². The van der Waals surface area contributed by atoms with E-state index in [-0.39, 0.29) is 0 Å². The number of aromatic nitrogens is 4. The quantitative estimate of drug-likeness (QED) is 0.0855. The first-order valence-corrected chi connectivity index (χ1v) is 23.4. The fourth-order valence-electron chi connectivity index (χ4n) is 5.11. The summed E-state index contributed by atoms with van der Waals surface area (Å²) >= 11 is 0. The highest BCUT2D eigenvalue weighted by atomic mass is 28.3. The molecule has 0 fully saturated rings. The highest BCUT2D eigenvalue weighted by Crippen LogP contribution is 2.40. The van der Waals surface area contributed by atoms with Gasteiger partial charge in [-0.1, -0.05) is 69.6 Å². The minimum Gasteiger partial charge on any atom is -0.492 e. The number of hydrogen-bond acceptors (Lipinski definition) is 6.